The molecule has 102 valence electrons. The first kappa shape index (κ1) is 13.5. The van der Waals surface area contributed by atoms with Crippen molar-refractivity contribution in [3.05, 3.63) is 29.8 Å². The Hall–Kier alpha value is -1.88. The molecule has 0 aromatic heterocycles. The van der Waals surface area contributed by atoms with Gasteiger partial charge in [-0.1, -0.05) is 6.42 Å². The molecule has 0 aliphatic heterocycles. The molecule has 5 nitrogen and oxygen atoms in total. The third kappa shape index (κ3) is 2.76. The lowest BCUT2D eigenvalue weighted by atomic mass is 9.68. The molecule has 1 aromatic carbocycles. The van der Waals surface area contributed by atoms with Crippen LogP contribution >= 0.6 is 0 Å². The van der Waals surface area contributed by atoms with E-state index in [2.05, 4.69) is 5.32 Å². The lowest BCUT2D eigenvalue weighted by Crippen LogP contribution is -2.45. The van der Waals surface area contributed by atoms with E-state index in [4.69, 9.17) is 9.84 Å². The van der Waals surface area contributed by atoms with E-state index in [9.17, 15) is 9.59 Å². The summed E-state index contributed by atoms with van der Waals surface area (Å²) in [5.41, 5.74) is 0.394. The number of anilines is 1. The van der Waals surface area contributed by atoms with Crippen molar-refractivity contribution in [3.63, 3.8) is 0 Å². The number of rotatable bonds is 5. The summed E-state index contributed by atoms with van der Waals surface area (Å²) in [6.07, 6.45) is 2.70. The molecule has 1 aliphatic rings. The van der Waals surface area contributed by atoms with Gasteiger partial charge in [-0.3, -0.25) is 4.79 Å². The van der Waals surface area contributed by atoms with E-state index < -0.39 is 11.4 Å². The average molecular weight is 263 g/mol. The molecule has 2 rings (SSSR count). The highest BCUT2D eigenvalue weighted by atomic mass is 16.5. The van der Waals surface area contributed by atoms with Gasteiger partial charge in [-0.05, 0) is 37.1 Å². The average Bonchev–Trinajstić information content (AvgIpc) is 2.34. The summed E-state index contributed by atoms with van der Waals surface area (Å²) < 4.78 is 5.12. The fourth-order valence-electron chi connectivity index (χ4n) is 2.28. The zero-order valence-electron chi connectivity index (χ0n) is 10.8. The minimum absolute atomic E-state index is 0.0522. The zero-order chi connectivity index (χ0) is 13.9. The number of carbonyl (C=O) groups is 2. The van der Waals surface area contributed by atoms with Crippen LogP contribution in [0.3, 0.4) is 0 Å². The molecule has 19 heavy (non-hydrogen) atoms. The smallest absolute Gasteiger partial charge is 0.335 e. The number of carboxylic acid groups (broad SMARTS) is 1. The number of ether oxygens (including phenoxy) is 1. The lowest BCUT2D eigenvalue weighted by Gasteiger charge is -2.39. The van der Waals surface area contributed by atoms with Gasteiger partial charge in [0.1, 0.15) is 0 Å². The monoisotopic (exact) mass is 263 g/mol. The quantitative estimate of drug-likeness (QED) is 0.853. The maximum atomic E-state index is 12.2. The fourth-order valence-corrected chi connectivity index (χ4v) is 2.28. The van der Waals surface area contributed by atoms with Gasteiger partial charge >= 0.3 is 5.97 Å². The van der Waals surface area contributed by atoms with E-state index in [0.717, 1.165) is 19.3 Å². The third-order valence-corrected chi connectivity index (χ3v) is 3.60. The van der Waals surface area contributed by atoms with Crippen molar-refractivity contribution < 1.29 is 19.4 Å². The van der Waals surface area contributed by atoms with Crippen LogP contribution in [-0.2, 0) is 9.53 Å². The number of amides is 1. The first-order chi connectivity index (χ1) is 9.07. The summed E-state index contributed by atoms with van der Waals surface area (Å²) in [6.45, 7) is 0.423. The molecule has 1 aromatic rings. The number of hydrogen-bond donors (Lipinski definition) is 2. The van der Waals surface area contributed by atoms with Crippen molar-refractivity contribution in [3.8, 4) is 0 Å². The van der Waals surface area contributed by atoms with Gasteiger partial charge in [-0.2, -0.15) is 0 Å². The topological polar surface area (TPSA) is 75.6 Å². The van der Waals surface area contributed by atoms with Gasteiger partial charge in [-0.25, -0.2) is 4.79 Å². The Balaban J connectivity index is 2.04. The molecule has 0 radical (unpaired) electrons. The maximum Gasteiger partial charge on any atom is 0.335 e. The minimum atomic E-state index is -0.979. The Morgan fingerprint density at radius 2 is 1.95 bits per heavy atom. The summed E-state index contributed by atoms with van der Waals surface area (Å²) >= 11 is 0. The second-order valence-corrected chi connectivity index (χ2v) is 4.90. The number of carbonyl (C=O) groups excluding carboxylic acids is 1. The third-order valence-electron chi connectivity index (χ3n) is 3.60. The zero-order valence-corrected chi connectivity index (χ0v) is 10.8. The van der Waals surface area contributed by atoms with Crippen LogP contribution in [-0.4, -0.2) is 30.7 Å². The standard InChI is InChI=1S/C14H17NO4/c1-19-9-14(7-2-8-14)13(18)15-11-5-3-10(4-6-11)12(16)17/h3-6H,2,7-9H2,1H3,(H,15,18)(H,16,17). The SMILES string of the molecule is COCC1(C(=O)Nc2ccc(C(=O)O)cc2)CCC1. The molecule has 5 heteroatoms. The highest BCUT2D eigenvalue weighted by Crippen LogP contribution is 2.42. The highest BCUT2D eigenvalue weighted by molar-refractivity contribution is 5.96. The minimum Gasteiger partial charge on any atom is -0.478 e. The number of aromatic carboxylic acids is 1. The Bertz CT molecular complexity index is 477. The number of benzene rings is 1. The molecule has 0 bridgehead atoms. The normalized spacial score (nSPS) is 16.5. The summed E-state index contributed by atoms with van der Waals surface area (Å²) in [6, 6.07) is 6.14. The Kier molecular flexibility index (Phi) is 3.85. The second kappa shape index (κ2) is 5.40. The van der Waals surface area contributed by atoms with Crippen LogP contribution < -0.4 is 5.32 Å². The summed E-state index contributed by atoms with van der Waals surface area (Å²) in [7, 11) is 1.59. The van der Waals surface area contributed by atoms with Gasteiger partial charge in [0, 0.05) is 12.8 Å². The largest absolute Gasteiger partial charge is 0.478 e. The van der Waals surface area contributed by atoms with Crippen molar-refractivity contribution in [1.82, 2.24) is 0 Å². The van der Waals surface area contributed by atoms with Crippen LogP contribution in [0.4, 0.5) is 5.69 Å². The molecule has 1 amide bonds. The van der Waals surface area contributed by atoms with Gasteiger partial charge in [0.05, 0.1) is 17.6 Å². The van der Waals surface area contributed by atoms with Crippen LogP contribution in [0.25, 0.3) is 0 Å². The van der Waals surface area contributed by atoms with E-state index in [-0.39, 0.29) is 11.5 Å². The van der Waals surface area contributed by atoms with Crippen LogP contribution in [0.15, 0.2) is 24.3 Å². The molecular weight excluding hydrogens is 246 g/mol. The van der Waals surface area contributed by atoms with Gasteiger partial charge in [0.25, 0.3) is 0 Å². The van der Waals surface area contributed by atoms with Crippen LogP contribution in [0.5, 0.6) is 0 Å². The number of methoxy groups -OCH3 is 1. The van der Waals surface area contributed by atoms with Crippen molar-refractivity contribution in [1.29, 1.82) is 0 Å². The summed E-state index contributed by atoms with van der Waals surface area (Å²) in [5, 5.41) is 11.6. The molecule has 0 saturated heterocycles. The van der Waals surface area contributed by atoms with E-state index in [0.29, 0.717) is 12.3 Å². The molecule has 2 N–H and O–H groups in total. The van der Waals surface area contributed by atoms with Gasteiger partial charge in [0.15, 0.2) is 0 Å². The molecular formula is C14H17NO4. The first-order valence-electron chi connectivity index (χ1n) is 6.21. The highest BCUT2D eigenvalue weighted by Gasteiger charge is 2.44. The second-order valence-electron chi connectivity index (χ2n) is 4.90. The molecule has 0 heterocycles. The molecule has 0 spiro atoms. The van der Waals surface area contributed by atoms with Gasteiger partial charge in [0.2, 0.25) is 5.91 Å². The Labute approximate surface area is 111 Å². The van der Waals surface area contributed by atoms with Gasteiger partial charge in [-0.15, -0.1) is 0 Å². The first-order valence-corrected chi connectivity index (χ1v) is 6.21. The molecule has 1 aliphatic carbocycles. The predicted octanol–water partition coefficient (Wildman–Crippen LogP) is 2.14. The number of carboxylic acids is 1. The number of nitrogens with one attached hydrogen (secondary N) is 1. The van der Waals surface area contributed by atoms with Crippen LogP contribution in [0.1, 0.15) is 29.6 Å². The van der Waals surface area contributed by atoms with Crippen molar-refractivity contribution in [2.75, 3.05) is 19.0 Å². The predicted molar refractivity (Wildman–Crippen MR) is 70.2 cm³/mol. The molecule has 0 unspecified atom stereocenters. The van der Waals surface area contributed by atoms with Crippen molar-refractivity contribution in [2.24, 2.45) is 5.41 Å². The lowest BCUT2D eigenvalue weighted by molar-refractivity contribution is -0.134. The summed E-state index contributed by atoms with van der Waals surface area (Å²) in [5.74, 6) is -1.03. The van der Waals surface area contributed by atoms with Crippen LogP contribution in [0, 0.1) is 5.41 Å². The Morgan fingerprint density at radius 3 is 2.37 bits per heavy atom. The maximum absolute atomic E-state index is 12.2. The molecule has 1 saturated carbocycles. The van der Waals surface area contributed by atoms with E-state index >= 15 is 0 Å². The summed E-state index contributed by atoms with van der Waals surface area (Å²) in [4.78, 5) is 22.9. The van der Waals surface area contributed by atoms with E-state index in [1.165, 1.54) is 12.1 Å². The van der Waals surface area contributed by atoms with Crippen LogP contribution in [0.2, 0.25) is 0 Å². The number of hydrogen-bond acceptors (Lipinski definition) is 3. The molecule has 0 atom stereocenters. The van der Waals surface area contributed by atoms with E-state index in [1.807, 2.05) is 0 Å². The van der Waals surface area contributed by atoms with Crippen molar-refractivity contribution in [2.45, 2.75) is 19.3 Å². The fraction of sp³-hybridized carbons (Fsp3) is 0.429. The van der Waals surface area contributed by atoms with Gasteiger partial charge < -0.3 is 15.2 Å². The van der Waals surface area contributed by atoms with Crippen molar-refractivity contribution >= 4 is 17.6 Å². The molecule has 1 fully saturated rings. The van der Waals surface area contributed by atoms with E-state index in [1.54, 1.807) is 19.2 Å². The Morgan fingerprint density at radius 1 is 1.32 bits per heavy atom.